The topological polar surface area (TPSA) is 110 Å². The van der Waals surface area contributed by atoms with E-state index in [-0.39, 0.29) is 23.5 Å². The summed E-state index contributed by atoms with van der Waals surface area (Å²) in [5.74, 6) is -0.648. The van der Waals surface area contributed by atoms with Crippen molar-refractivity contribution in [2.24, 2.45) is 11.8 Å². The van der Waals surface area contributed by atoms with Gasteiger partial charge in [-0.15, -0.1) is 0 Å². The Kier molecular flexibility index (Phi) is 7.82. The van der Waals surface area contributed by atoms with Crippen molar-refractivity contribution >= 4 is 33.2 Å². The molecule has 0 saturated heterocycles. The Morgan fingerprint density at radius 1 is 0.833 bits per heavy atom. The monoisotopic (exact) mass is 412 g/mol. The molecule has 0 amide bonds. The van der Waals surface area contributed by atoms with E-state index in [1.54, 1.807) is 33.2 Å². The Morgan fingerprint density at radius 3 is 1.80 bits per heavy atom. The van der Waals surface area contributed by atoms with E-state index in [0.29, 0.717) is 42.7 Å². The molecule has 0 spiro atoms. The standard InChI is InChI=1S/C21H26B2O7/c24-12-15-11-18(29-22-16-5-1-13(2-6-16)20(25)26)9-10-19(15)30-23-17-7-3-14(4-8-17)21(27)28/h9-14,16-17H,1-8H2,(H,25,26)(H,27,28). The van der Waals surface area contributed by atoms with Crippen LogP contribution in [0.3, 0.4) is 0 Å². The molecule has 0 aliphatic heterocycles. The summed E-state index contributed by atoms with van der Waals surface area (Å²) < 4.78 is 11.4. The molecule has 2 aliphatic carbocycles. The van der Waals surface area contributed by atoms with Crippen LogP contribution in [0, 0.1) is 11.8 Å². The molecular weight excluding hydrogens is 386 g/mol. The van der Waals surface area contributed by atoms with Crippen LogP contribution in [0.4, 0.5) is 0 Å². The number of benzene rings is 1. The lowest BCUT2D eigenvalue weighted by atomic mass is 9.68. The summed E-state index contributed by atoms with van der Waals surface area (Å²) in [6, 6.07) is 5.04. The molecule has 0 unspecified atom stereocenters. The number of carbonyl (C=O) groups is 3. The number of aliphatic carboxylic acids is 2. The fourth-order valence-corrected chi connectivity index (χ4v) is 4.15. The highest BCUT2D eigenvalue weighted by Gasteiger charge is 2.28. The summed E-state index contributed by atoms with van der Waals surface area (Å²) >= 11 is 0. The van der Waals surface area contributed by atoms with E-state index in [9.17, 15) is 14.4 Å². The summed E-state index contributed by atoms with van der Waals surface area (Å²) in [5.41, 5.74) is 0.381. The molecule has 158 valence electrons. The quantitative estimate of drug-likeness (QED) is 0.471. The molecule has 1 aromatic carbocycles. The van der Waals surface area contributed by atoms with Crippen LogP contribution >= 0.6 is 0 Å². The van der Waals surface area contributed by atoms with Crippen molar-refractivity contribution in [3.05, 3.63) is 23.8 Å². The Labute approximate surface area is 177 Å². The van der Waals surface area contributed by atoms with Crippen LogP contribution in [0.25, 0.3) is 0 Å². The summed E-state index contributed by atoms with van der Waals surface area (Å²) in [4.78, 5) is 33.5. The molecule has 0 aromatic heterocycles. The molecule has 2 saturated carbocycles. The van der Waals surface area contributed by atoms with Gasteiger partial charge in [0.1, 0.15) is 5.75 Å². The maximum absolute atomic E-state index is 11.5. The Hall–Kier alpha value is -2.44. The Balaban J connectivity index is 1.46. The third kappa shape index (κ3) is 6.03. The molecule has 9 heteroatoms. The molecule has 0 heterocycles. The minimum atomic E-state index is -0.736. The van der Waals surface area contributed by atoms with Gasteiger partial charge in [-0.1, -0.05) is 25.7 Å². The number of carboxylic acid groups (broad SMARTS) is 2. The average molecular weight is 412 g/mol. The fraction of sp³-hybridized carbons (Fsp3) is 0.571. The first-order valence-corrected chi connectivity index (χ1v) is 10.5. The number of carboxylic acids is 2. The van der Waals surface area contributed by atoms with E-state index < -0.39 is 11.9 Å². The van der Waals surface area contributed by atoms with Gasteiger partial charge in [0.25, 0.3) is 0 Å². The van der Waals surface area contributed by atoms with E-state index in [0.717, 1.165) is 32.0 Å². The van der Waals surface area contributed by atoms with E-state index in [4.69, 9.17) is 19.5 Å². The van der Waals surface area contributed by atoms with Crippen LogP contribution in [0.15, 0.2) is 18.2 Å². The number of hydrogen-bond donors (Lipinski definition) is 2. The molecule has 2 radical (unpaired) electrons. The van der Waals surface area contributed by atoms with Gasteiger partial charge >= 0.3 is 26.9 Å². The van der Waals surface area contributed by atoms with Crippen molar-refractivity contribution in [3.63, 3.8) is 0 Å². The zero-order valence-electron chi connectivity index (χ0n) is 16.9. The van der Waals surface area contributed by atoms with Crippen LogP contribution in [-0.2, 0) is 9.59 Å². The minimum absolute atomic E-state index is 0.172. The lowest BCUT2D eigenvalue weighted by Gasteiger charge is -2.25. The van der Waals surface area contributed by atoms with Crippen molar-refractivity contribution in [2.45, 2.75) is 63.0 Å². The molecule has 30 heavy (non-hydrogen) atoms. The second-order valence-electron chi connectivity index (χ2n) is 8.23. The van der Waals surface area contributed by atoms with Gasteiger partial charge in [-0.25, -0.2) is 0 Å². The van der Waals surface area contributed by atoms with Crippen LogP contribution in [0.5, 0.6) is 11.5 Å². The predicted molar refractivity (Wildman–Crippen MR) is 111 cm³/mol. The lowest BCUT2D eigenvalue weighted by molar-refractivity contribution is -0.143. The molecule has 2 aliphatic rings. The van der Waals surface area contributed by atoms with Gasteiger partial charge in [0.2, 0.25) is 0 Å². The highest BCUT2D eigenvalue weighted by molar-refractivity contribution is 6.31. The maximum atomic E-state index is 11.5. The predicted octanol–water partition coefficient (Wildman–Crippen LogP) is 3.62. The SMILES string of the molecule is O=Cc1cc(O[B]C2CCC(C(=O)O)CC2)ccc1O[B]C1CCC(C(=O)O)CC1. The van der Waals surface area contributed by atoms with Gasteiger partial charge in [0.05, 0.1) is 23.1 Å². The highest BCUT2D eigenvalue weighted by atomic mass is 16.4. The van der Waals surface area contributed by atoms with Gasteiger partial charge in [-0.3, -0.25) is 14.4 Å². The van der Waals surface area contributed by atoms with Crippen molar-refractivity contribution < 1.29 is 33.9 Å². The summed E-state index contributed by atoms with van der Waals surface area (Å²) in [6.07, 6.45) is 6.36. The fourth-order valence-electron chi connectivity index (χ4n) is 4.15. The van der Waals surface area contributed by atoms with Crippen molar-refractivity contribution in [2.75, 3.05) is 0 Å². The third-order valence-electron chi connectivity index (χ3n) is 6.13. The molecule has 3 rings (SSSR count). The van der Waals surface area contributed by atoms with Gasteiger partial charge in [-0.2, -0.15) is 0 Å². The first-order chi connectivity index (χ1) is 14.5. The van der Waals surface area contributed by atoms with E-state index in [1.807, 2.05) is 0 Å². The molecule has 7 nitrogen and oxygen atoms in total. The molecular formula is C21H26B2O7. The van der Waals surface area contributed by atoms with Gasteiger partial charge in [0.15, 0.2) is 6.29 Å². The first kappa shape index (κ1) is 22.2. The average Bonchev–Trinajstić information content (AvgIpc) is 2.77. The molecule has 0 bridgehead atoms. The minimum Gasteiger partial charge on any atom is -0.563 e. The molecule has 2 fully saturated rings. The summed E-state index contributed by atoms with van der Waals surface area (Å²) in [7, 11) is 3.43. The molecule has 0 atom stereocenters. The number of rotatable bonds is 9. The van der Waals surface area contributed by atoms with Crippen molar-refractivity contribution in [3.8, 4) is 11.5 Å². The van der Waals surface area contributed by atoms with E-state index in [1.165, 1.54) is 0 Å². The number of hydrogen-bond acceptors (Lipinski definition) is 5. The second kappa shape index (κ2) is 10.5. The van der Waals surface area contributed by atoms with Crippen LogP contribution < -0.4 is 9.31 Å². The lowest BCUT2D eigenvalue weighted by Crippen LogP contribution is -2.23. The molecule has 2 N–H and O–H groups in total. The zero-order valence-corrected chi connectivity index (χ0v) is 16.9. The zero-order chi connectivity index (χ0) is 21.5. The van der Waals surface area contributed by atoms with Crippen molar-refractivity contribution in [1.29, 1.82) is 0 Å². The molecule has 1 aromatic rings. The summed E-state index contributed by atoms with van der Waals surface area (Å²) in [6.45, 7) is 0. The van der Waals surface area contributed by atoms with Crippen LogP contribution in [0.2, 0.25) is 11.6 Å². The summed E-state index contributed by atoms with van der Waals surface area (Å²) in [5, 5.41) is 18.1. The van der Waals surface area contributed by atoms with Crippen LogP contribution in [-0.4, -0.2) is 43.4 Å². The Morgan fingerprint density at radius 2 is 1.33 bits per heavy atom. The smallest absolute Gasteiger partial charge is 0.373 e. The normalized spacial score (nSPS) is 26.3. The van der Waals surface area contributed by atoms with E-state index >= 15 is 0 Å². The largest absolute Gasteiger partial charge is 0.563 e. The highest BCUT2D eigenvalue weighted by Crippen LogP contribution is 2.34. The van der Waals surface area contributed by atoms with Crippen molar-refractivity contribution in [1.82, 2.24) is 0 Å². The Bertz CT molecular complexity index is 754. The van der Waals surface area contributed by atoms with Gasteiger partial charge in [0, 0.05) is 0 Å². The first-order valence-electron chi connectivity index (χ1n) is 10.5. The van der Waals surface area contributed by atoms with Gasteiger partial charge < -0.3 is 19.5 Å². The van der Waals surface area contributed by atoms with E-state index in [2.05, 4.69) is 0 Å². The number of aldehydes is 1. The maximum Gasteiger partial charge on any atom is 0.373 e. The second-order valence-corrected chi connectivity index (χ2v) is 8.23. The van der Waals surface area contributed by atoms with Gasteiger partial charge in [-0.05, 0) is 55.5 Å². The number of carbonyl (C=O) groups excluding carboxylic acids is 1. The van der Waals surface area contributed by atoms with Crippen LogP contribution in [0.1, 0.15) is 61.7 Å². The third-order valence-corrected chi connectivity index (χ3v) is 6.13.